The van der Waals surface area contributed by atoms with E-state index < -0.39 is 6.04 Å². The Morgan fingerprint density at radius 3 is 2.06 bits per heavy atom. The number of rotatable bonds is 8. The zero-order valence-electron chi connectivity index (χ0n) is 19.8. The number of carbonyl (C=O) groups is 2. The molecule has 0 spiro atoms. The first-order chi connectivity index (χ1) is 17.0. The van der Waals surface area contributed by atoms with Crippen LogP contribution in [-0.2, 0) is 4.79 Å². The molecule has 0 bridgehead atoms. The van der Waals surface area contributed by atoms with Crippen LogP contribution in [0, 0.1) is 0 Å². The third-order valence-corrected chi connectivity index (χ3v) is 5.59. The first-order valence-corrected chi connectivity index (χ1v) is 11.2. The van der Waals surface area contributed by atoms with Gasteiger partial charge in [-0.3, -0.25) is 9.59 Å². The molecular formula is C28H27N3O4. The molecule has 2 amide bonds. The van der Waals surface area contributed by atoms with E-state index in [0.717, 1.165) is 10.8 Å². The van der Waals surface area contributed by atoms with Crippen LogP contribution >= 0.6 is 0 Å². The maximum absolute atomic E-state index is 12.9. The van der Waals surface area contributed by atoms with E-state index in [1.165, 1.54) is 14.2 Å². The lowest BCUT2D eigenvalue weighted by Crippen LogP contribution is -2.32. The molecule has 4 aromatic carbocycles. The Hall–Kier alpha value is -4.52. The van der Waals surface area contributed by atoms with Crippen molar-refractivity contribution in [2.75, 3.05) is 30.2 Å². The summed E-state index contributed by atoms with van der Waals surface area (Å²) in [5, 5.41) is 11.1. The summed E-state index contributed by atoms with van der Waals surface area (Å²) in [7, 11) is 3.04. The van der Waals surface area contributed by atoms with Crippen LogP contribution in [0.5, 0.6) is 11.5 Å². The van der Waals surface area contributed by atoms with Gasteiger partial charge in [0.25, 0.3) is 5.91 Å². The number of hydrogen-bond acceptors (Lipinski definition) is 5. The van der Waals surface area contributed by atoms with E-state index in [2.05, 4.69) is 16.0 Å². The van der Waals surface area contributed by atoms with Crippen molar-refractivity contribution in [3.05, 3.63) is 90.5 Å². The molecule has 0 heterocycles. The first-order valence-electron chi connectivity index (χ1n) is 11.2. The minimum atomic E-state index is -0.579. The van der Waals surface area contributed by atoms with Crippen molar-refractivity contribution in [1.82, 2.24) is 0 Å². The lowest BCUT2D eigenvalue weighted by molar-refractivity contribution is -0.116. The van der Waals surface area contributed by atoms with Crippen LogP contribution in [-0.4, -0.2) is 32.1 Å². The molecule has 7 heteroatoms. The van der Waals surface area contributed by atoms with Crippen LogP contribution in [0.1, 0.15) is 17.3 Å². The van der Waals surface area contributed by atoms with E-state index in [0.29, 0.717) is 34.1 Å². The summed E-state index contributed by atoms with van der Waals surface area (Å²) in [6, 6.07) is 25.4. The Labute approximate surface area is 204 Å². The van der Waals surface area contributed by atoms with Gasteiger partial charge in [0.15, 0.2) is 0 Å². The van der Waals surface area contributed by atoms with Gasteiger partial charge in [0.05, 0.1) is 25.6 Å². The van der Waals surface area contributed by atoms with Crippen molar-refractivity contribution in [2.24, 2.45) is 0 Å². The van der Waals surface area contributed by atoms with E-state index in [9.17, 15) is 9.59 Å². The Morgan fingerprint density at radius 2 is 1.34 bits per heavy atom. The quantitative estimate of drug-likeness (QED) is 0.315. The molecule has 0 aliphatic carbocycles. The summed E-state index contributed by atoms with van der Waals surface area (Å²) < 4.78 is 11.0. The highest BCUT2D eigenvalue weighted by Crippen LogP contribution is 2.37. The summed E-state index contributed by atoms with van der Waals surface area (Å²) in [4.78, 5) is 25.5. The summed E-state index contributed by atoms with van der Waals surface area (Å²) >= 11 is 0. The Balaban J connectivity index is 1.50. The maximum atomic E-state index is 12.9. The predicted molar refractivity (Wildman–Crippen MR) is 140 cm³/mol. The Kier molecular flexibility index (Phi) is 7.16. The van der Waals surface area contributed by atoms with Crippen LogP contribution in [0.4, 0.5) is 17.1 Å². The van der Waals surface area contributed by atoms with Crippen LogP contribution in [0.3, 0.4) is 0 Å². The van der Waals surface area contributed by atoms with Gasteiger partial charge in [0.1, 0.15) is 17.5 Å². The molecule has 1 atom stereocenters. The van der Waals surface area contributed by atoms with Crippen molar-refractivity contribution >= 4 is 39.6 Å². The number of benzene rings is 4. The smallest absolute Gasteiger partial charge is 0.255 e. The highest BCUT2D eigenvalue weighted by Gasteiger charge is 2.19. The van der Waals surface area contributed by atoms with Crippen molar-refractivity contribution in [3.8, 4) is 11.5 Å². The minimum Gasteiger partial charge on any atom is -0.495 e. The number of fused-ring (bicyclic) bond motifs is 1. The van der Waals surface area contributed by atoms with E-state index in [-0.39, 0.29) is 11.8 Å². The number of anilines is 3. The number of amides is 2. The monoisotopic (exact) mass is 469 g/mol. The number of ether oxygens (including phenoxy) is 2. The number of nitrogens with one attached hydrogen (secondary N) is 3. The average molecular weight is 470 g/mol. The van der Waals surface area contributed by atoms with Crippen LogP contribution in [0.15, 0.2) is 84.9 Å². The molecular weight excluding hydrogens is 442 g/mol. The van der Waals surface area contributed by atoms with Crippen LogP contribution in [0.2, 0.25) is 0 Å². The summed E-state index contributed by atoms with van der Waals surface area (Å²) in [5.74, 6) is 0.414. The number of methoxy groups -OCH3 is 2. The molecule has 0 aromatic heterocycles. The van der Waals surface area contributed by atoms with Gasteiger partial charge >= 0.3 is 0 Å². The second-order valence-electron chi connectivity index (χ2n) is 7.99. The second kappa shape index (κ2) is 10.6. The molecule has 0 saturated carbocycles. The predicted octanol–water partition coefficient (Wildman–Crippen LogP) is 5.55. The lowest BCUT2D eigenvalue weighted by atomic mass is 10.1. The normalized spacial score (nSPS) is 11.4. The largest absolute Gasteiger partial charge is 0.495 e. The fraction of sp³-hybridized carbons (Fsp3) is 0.143. The third-order valence-electron chi connectivity index (χ3n) is 5.59. The topological polar surface area (TPSA) is 88.7 Å². The van der Waals surface area contributed by atoms with Crippen molar-refractivity contribution in [2.45, 2.75) is 13.0 Å². The zero-order chi connectivity index (χ0) is 24.8. The minimum absolute atomic E-state index is 0.206. The van der Waals surface area contributed by atoms with Gasteiger partial charge in [0, 0.05) is 23.4 Å². The summed E-state index contributed by atoms with van der Waals surface area (Å²) in [5.41, 5.74) is 2.25. The van der Waals surface area contributed by atoms with Gasteiger partial charge in [0.2, 0.25) is 5.91 Å². The molecule has 0 aliphatic heterocycles. The molecule has 0 radical (unpaired) electrons. The van der Waals surface area contributed by atoms with E-state index in [4.69, 9.17) is 9.47 Å². The number of hydrogen-bond donors (Lipinski definition) is 3. The summed E-state index contributed by atoms with van der Waals surface area (Å²) in [6.45, 7) is 1.76. The van der Waals surface area contributed by atoms with E-state index in [1.807, 2.05) is 48.5 Å². The van der Waals surface area contributed by atoms with E-state index >= 15 is 0 Å². The second-order valence-corrected chi connectivity index (χ2v) is 7.99. The average Bonchev–Trinajstić information content (AvgIpc) is 2.89. The summed E-state index contributed by atoms with van der Waals surface area (Å²) in [6.07, 6.45) is 0. The standard InChI is InChI=1S/C28H27N3O4/c1-18(27(32)30-22-14-13-19-9-7-8-12-21(19)15-22)29-23-16-26(35-3)24(17-25(23)34-2)31-28(33)20-10-5-4-6-11-20/h4-18,29H,1-3H3,(H,30,32)(H,31,33)/t18-/m1/s1. The maximum Gasteiger partial charge on any atom is 0.255 e. The Bertz CT molecular complexity index is 1360. The van der Waals surface area contributed by atoms with Gasteiger partial charge in [-0.15, -0.1) is 0 Å². The fourth-order valence-corrected chi connectivity index (χ4v) is 3.71. The molecule has 7 nitrogen and oxygen atoms in total. The molecule has 3 N–H and O–H groups in total. The molecule has 0 saturated heterocycles. The first kappa shape index (κ1) is 23.6. The highest BCUT2D eigenvalue weighted by molar-refractivity contribution is 6.05. The van der Waals surface area contributed by atoms with Gasteiger partial charge in [-0.1, -0.05) is 48.5 Å². The molecule has 0 fully saturated rings. The van der Waals surface area contributed by atoms with Gasteiger partial charge in [-0.2, -0.15) is 0 Å². The molecule has 4 aromatic rings. The van der Waals surface area contributed by atoms with Crippen LogP contribution in [0.25, 0.3) is 10.8 Å². The Morgan fingerprint density at radius 1 is 0.714 bits per heavy atom. The highest BCUT2D eigenvalue weighted by atomic mass is 16.5. The molecule has 35 heavy (non-hydrogen) atoms. The van der Waals surface area contributed by atoms with Gasteiger partial charge in [-0.05, 0) is 42.0 Å². The zero-order valence-corrected chi connectivity index (χ0v) is 19.8. The SMILES string of the molecule is COc1cc(N[C@H](C)C(=O)Nc2ccc3ccccc3c2)c(OC)cc1NC(=O)c1ccccc1. The van der Waals surface area contributed by atoms with Gasteiger partial charge < -0.3 is 25.4 Å². The number of carbonyl (C=O) groups excluding carboxylic acids is 2. The van der Waals surface area contributed by atoms with Crippen molar-refractivity contribution in [1.29, 1.82) is 0 Å². The molecule has 4 rings (SSSR count). The van der Waals surface area contributed by atoms with E-state index in [1.54, 1.807) is 43.3 Å². The van der Waals surface area contributed by atoms with Gasteiger partial charge in [-0.25, -0.2) is 0 Å². The molecule has 0 unspecified atom stereocenters. The van der Waals surface area contributed by atoms with Crippen molar-refractivity contribution < 1.29 is 19.1 Å². The fourth-order valence-electron chi connectivity index (χ4n) is 3.71. The van der Waals surface area contributed by atoms with Crippen LogP contribution < -0.4 is 25.4 Å². The van der Waals surface area contributed by atoms with Crippen molar-refractivity contribution in [3.63, 3.8) is 0 Å². The molecule has 0 aliphatic rings. The third kappa shape index (κ3) is 5.52. The molecule has 178 valence electrons. The lowest BCUT2D eigenvalue weighted by Gasteiger charge is -2.20.